The number of tetrazole rings is 1. The summed E-state index contributed by atoms with van der Waals surface area (Å²) in [6.45, 7) is 6.97. The minimum absolute atomic E-state index is 0.0596. The van der Waals surface area contributed by atoms with E-state index < -0.39 is 0 Å². The monoisotopic (exact) mass is 246 g/mol. The van der Waals surface area contributed by atoms with Crippen molar-refractivity contribution >= 4 is 0 Å². The molecule has 1 heterocycles. The molecule has 0 bridgehead atoms. The van der Waals surface area contributed by atoms with Gasteiger partial charge in [0.15, 0.2) is 5.82 Å². The van der Waals surface area contributed by atoms with Crippen LogP contribution in [-0.4, -0.2) is 27.3 Å². The smallest absolute Gasteiger partial charge is 0.156 e. The lowest BCUT2D eigenvalue weighted by Crippen LogP contribution is -2.20. The van der Waals surface area contributed by atoms with E-state index in [1.165, 1.54) is 0 Å². The molecule has 0 radical (unpaired) electrons. The van der Waals surface area contributed by atoms with Crippen molar-refractivity contribution in [3.05, 3.63) is 35.7 Å². The molecule has 2 aromatic rings. The van der Waals surface area contributed by atoms with Gasteiger partial charge in [0.05, 0.1) is 13.7 Å². The van der Waals surface area contributed by atoms with Crippen LogP contribution in [0.4, 0.5) is 0 Å². The topological polar surface area (TPSA) is 52.8 Å². The van der Waals surface area contributed by atoms with E-state index in [0.717, 1.165) is 17.1 Å². The van der Waals surface area contributed by atoms with E-state index in [9.17, 15) is 0 Å². The highest BCUT2D eigenvalue weighted by Gasteiger charge is 2.21. The first kappa shape index (κ1) is 12.5. The Morgan fingerprint density at radius 2 is 1.83 bits per heavy atom. The molecule has 0 saturated carbocycles. The fraction of sp³-hybridized carbons (Fsp3) is 0.462. The quantitative estimate of drug-likeness (QED) is 0.831. The van der Waals surface area contributed by atoms with Gasteiger partial charge in [0.1, 0.15) is 5.75 Å². The summed E-state index contributed by atoms with van der Waals surface area (Å²) in [6.07, 6.45) is 0. The minimum atomic E-state index is -0.0596. The Labute approximate surface area is 107 Å². The van der Waals surface area contributed by atoms with Crippen LogP contribution < -0.4 is 4.74 Å². The number of ether oxygens (including phenoxy) is 1. The van der Waals surface area contributed by atoms with E-state index >= 15 is 0 Å². The predicted octanol–water partition coefficient (Wildman–Crippen LogP) is 2.03. The molecule has 0 aliphatic carbocycles. The zero-order chi connectivity index (χ0) is 13.2. The van der Waals surface area contributed by atoms with E-state index in [4.69, 9.17) is 4.74 Å². The van der Waals surface area contributed by atoms with E-state index in [-0.39, 0.29) is 5.41 Å². The van der Waals surface area contributed by atoms with Crippen LogP contribution in [0.2, 0.25) is 0 Å². The molecule has 0 saturated heterocycles. The molecule has 0 fully saturated rings. The summed E-state index contributed by atoms with van der Waals surface area (Å²) in [4.78, 5) is 0. The van der Waals surface area contributed by atoms with Crippen LogP contribution in [0.5, 0.6) is 5.75 Å². The van der Waals surface area contributed by atoms with E-state index in [0.29, 0.717) is 6.54 Å². The highest BCUT2D eigenvalue weighted by Crippen LogP contribution is 2.20. The lowest BCUT2D eigenvalue weighted by Gasteiger charge is -2.17. The van der Waals surface area contributed by atoms with Crippen molar-refractivity contribution in [2.24, 2.45) is 0 Å². The Hall–Kier alpha value is -1.91. The number of rotatable bonds is 3. The Balaban J connectivity index is 2.21. The van der Waals surface area contributed by atoms with Gasteiger partial charge in [0.2, 0.25) is 0 Å². The zero-order valence-corrected chi connectivity index (χ0v) is 11.2. The van der Waals surface area contributed by atoms with Crippen LogP contribution in [0.25, 0.3) is 0 Å². The van der Waals surface area contributed by atoms with Crippen molar-refractivity contribution in [3.63, 3.8) is 0 Å². The summed E-state index contributed by atoms with van der Waals surface area (Å²) in [5, 5.41) is 11.9. The molecule has 0 N–H and O–H groups in total. The highest BCUT2D eigenvalue weighted by molar-refractivity contribution is 5.27. The molecule has 0 unspecified atom stereocenters. The summed E-state index contributed by atoms with van der Waals surface area (Å²) in [7, 11) is 1.66. The first-order chi connectivity index (χ1) is 8.50. The van der Waals surface area contributed by atoms with Crippen molar-refractivity contribution in [2.75, 3.05) is 7.11 Å². The molecule has 96 valence electrons. The zero-order valence-electron chi connectivity index (χ0n) is 11.2. The van der Waals surface area contributed by atoms with Crippen molar-refractivity contribution < 1.29 is 4.74 Å². The molecule has 1 aromatic heterocycles. The molecule has 5 heteroatoms. The second-order valence-corrected chi connectivity index (χ2v) is 5.26. The molecule has 1 aromatic carbocycles. The fourth-order valence-electron chi connectivity index (χ4n) is 1.75. The van der Waals surface area contributed by atoms with Gasteiger partial charge in [0.25, 0.3) is 0 Å². The molecular weight excluding hydrogens is 228 g/mol. The third-order valence-corrected chi connectivity index (χ3v) is 2.69. The third-order valence-electron chi connectivity index (χ3n) is 2.69. The predicted molar refractivity (Wildman–Crippen MR) is 68.6 cm³/mol. The SMILES string of the molecule is COc1ccc(Cn2nnnc2C(C)(C)C)cc1. The van der Waals surface area contributed by atoms with Gasteiger partial charge in [-0.25, -0.2) is 4.68 Å². The molecule has 18 heavy (non-hydrogen) atoms. The Morgan fingerprint density at radius 3 is 2.39 bits per heavy atom. The summed E-state index contributed by atoms with van der Waals surface area (Å²) in [6, 6.07) is 7.92. The standard InChI is InChI=1S/C13H18N4O/c1-13(2,3)12-14-15-16-17(12)9-10-5-7-11(18-4)8-6-10/h5-8H,9H2,1-4H3. The summed E-state index contributed by atoms with van der Waals surface area (Å²) < 4.78 is 6.97. The van der Waals surface area contributed by atoms with Crippen molar-refractivity contribution in [3.8, 4) is 5.75 Å². The first-order valence-corrected chi connectivity index (χ1v) is 5.90. The largest absolute Gasteiger partial charge is 0.497 e. The van der Waals surface area contributed by atoms with Crippen LogP contribution in [0.3, 0.4) is 0 Å². The van der Waals surface area contributed by atoms with Gasteiger partial charge in [-0.3, -0.25) is 0 Å². The lowest BCUT2D eigenvalue weighted by molar-refractivity contribution is 0.414. The second-order valence-electron chi connectivity index (χ2n) is 5.26. The summed E-state index contributed by atoms with van der Waals surface area (Å²) >= 11 is 0. The fourth-order valence-corrected chi connectivity index (χ4v) is 1.75. The van der Waals surface area contributed by atoms with Gasteiger partial charge in [0, 0.05) is 5.41 Å². The number of benzene rings is 1. The van der Waals surface area contributed by atoms with Crippen LogP contribution in [-0.2, 0) is 12.0 Å². The van der Waals surface area contributed by atoms with E-state index in [2.05, 4.69) is 36.3 Å². The molecule has 5 nitrogen and oxygen atoms in total. The Morgan fingerprint density at radius 1 is 1.17 bits per heavy atom. The maximum absolute atomic E-state index is 5.14. The van der Waals surface area contributed by atoms with Gasteiger partial charge >= 0.3 is 0 Å². The van der Waals surface area contributed by atoms with Gasteiger partial charge in [-0.1, -0.05) is 32.9 Å². The number of aromatic nitrogens is 4. The van der Waals surface area contributed by atoms with Crippen molar-refractivity contribution in [1.29, 1.82) is 0 Å². The average molecular weight is 246 g/mol. The van der Waals surface area contributed by atoms with E-state index in [1.54, 1.807) is 7.11 Å². The summed E-state index contributed by atoms with van der Waals surface area (Å²) in [5.74, 6) is 1.74. The van der Waals surface area contributed by atoms with Crippen LogP contribution >= 0.6 is 0 Å². The highest BCUT2D eigenvalue weighted by atomic mass is 16.5. The van der Waals surface area contributed by atoms with Gasteiger partial charge in [-0.15, -0.1) is 5.10 Å². The van der Waals surface area contributed by atoms with Crippen molar-refractivity contribution in [1.82, 2.24) is 20.2 Å². The van der Waals surface area contributed by atoms with Gasteiger partial charge in [-0.2, -0.15) is 0 Å². The maximum atomic E-state index is 5.14. The normalized spacial score (nSPS) is 11.6. The Kier molecular flexibility index (Phi) is 3.32. The van der Waals surface area contributed by atoms with Gasteiger partial charge < -0.3 is 4.74 Å². The number of hydrogen-bond donors (Lipinski definition) is 0. The minimum Gasteiger partial charge on any atom is -0.497 e. The molecule has 0 spiro atoms. The Bertz CT molecular complexity index is 511. The molecule has 0 aliphatic rings. The maximum Gasteiger partial charge on any atom is 0.156 e. The molecule has 0 atom stereocenters. The average Bonchev–Trinajstić information content (AvgIpc) is 2.78. The number of hydrogen-bond acceptors (Lipinski definition) is 4. The van der Waals surface area contributed by atoms with Crippen LogP contribution in [0.15, 0.2) is 24.3 Å². The second kappa shape index (κ2) is 4.76. The van der Waals surface area contributed by atoms with E-state index in [1.807, 2.05) is 28.9 Å². The lowest BCUT2D eigenvalue weighted by atomic mass is 9.96. The van der Waals surface area contributed by atoms with Crippen LogP contribution in [0.1, 0.15) is 32.2 Å². The van der Waals surface area contributed by atoms with Crippen LogP contribution in [0, 0.1) is 0 Å². The molecule has 0 amide bonds. The van der Waals surface area contributed by atoms with Gasteiger partial charge in [-0.05, 0) is 28.1 Å². The molecule has 2 rings (SSSR count). The summed E-state index contributed by atoms with van der Waals surface area (Å²) in [5.41, 5.74) is 1.09. The van der Waals surface area contributed by atoms with Crippen molar-refractivity contribution in [2.45, 2.75) is 32.7 Å². The number of methoxy groups -OCH3 is 1. The molecule has 0 aliphatic heterocycles. The number of nitrogens with zero attached hydrogens (tertiary/aromatic N) is 4. The third kappa shape index (κ3) is 2.67. The first-order valence-electron chi connectivity index (χ1n) is 5.90. The molecular formula is C13H18N4O.